The van der Waals surface area contributed by atoms with Crippen molar-refractivity contribution in [2.45, 2.75) is 39.0 Å². The van der Waals surface area contributed by atoms with E-state index in [-0.39, 0.29) is 13.2 Å². The van der Waals surface area contributed by atoms with Crippen LogP contribution in [0.1, 0.15) is 39.0 Å². The molecule has 0 aliphatic carbocycles. The Morgan fingerprint density at radius 1 is 0.500 bits per heavy atom. The van der Waals surface area contributed by atoms with Crippen molar-refractivity contribution < 1.29 is 43.1 Å². The van der Waals surface area contributed by atoms with Gasteiger partial charge in [0.05, 0.1) is 79.3 Å². The van der Waals surface area contributed by atoms with E-state index < -0.39 is 5.97 Å². The number of unbranched alkanes of at least 4 members (excludes halogenated alkanes) is 4. The van der Waals surface area contributed by atoms with Gasteiger partial charge in [-0.05, 0) is 6.42 Å². The molecule has 0 amide bonds. The lowest BCUT2D eigenvalue weighted by Crippen LogP contribution is -2.15. The van der Waals surface area contributed by atoms with Crippen molar-refractivity contribution in [2.24, 2.45) is 0 Å². The Balaban J connectivity index is 2.99. The second-order valence-corrected chi connectivity index (χ2v) is 6.53. The average Bonchev–Trinajstić information content (AvgIpc) is 2.73. The molecule has 0 spiro atoms. The smallest absolute Gasteiger partial charge is 0.329 e. The van der Waals surface area contributed by atoms with Gasteiger partial charge in [-0.3, -0.25) is 0 Å². The minimum Gasteiger partial charge on any atom is -0.480 e. The fourth-order valence-corrected chi connectivity index (χ4v) is 2.29. The number of rotatable bonds is 26. The number of hydrogen-bond donors (Lipinski definition) is 1. The van der Waals surface area contributed by atoms with E-state index >= 15 is 0 Å². The molecule has 0 unspecified atom stereocenters. The van der Waals surface area contributed by atoms with Gasteiger partial charge >= 0.3 is 5.97 Å². The summed E-state index contributed by atoms with van der Waals surface area (Å²) in [5.41, 5.74) is 0. The third-order valence-electron chi connectivity index (χ3n) is 3.85. The molecule has 0 aromatic heterocycles. The van der Waals surface area contributed by atoms with E-state index in [9.17, 15) is 4.79 Å². The third kappa shape index (κ3) is 27.2. The van der Waals surface area contributed by atoms with Crippen molar-refractivity contribution in [2.75, 3.05) is 92.5 Å². The fraction of sp³-hybridized carbons (Fsp3) is 0.952. The fourth-order valence-electron chi connectivity index (χ4n) is 2.29. The maximum atomic E-state index is 10.2. The lowest BCUT2D eigenvalue weighted by Gasteiger charge is -2.08. The molecule has 0 fully saturated rings. The molecule has 0 saturated heterocycles. The van der Waals surface area contributed by atoms with Gasteiger partial charge in [-0.15, -0.1) is 0 Å². The second-order valence-electron chi connectivity index (χ2n) is 6.53. The molecular formula is C21H42O9. The highest BCUT2D eigenvalue weighted by molar-refractivity contribution is 5.67. The topological polar surface area (TPSA) is 102 Å². The van der Waals surface area contributed by atoms with E-state index in [1.807, 2.05) is 0 Å². The van der Waals surface area contributed by atoms with Crippen molar-refractivity contribution >= 4 is 5.97 Å². The van der Waals surface area contributed by atoms with Crippen LogP contribution in [-0.4, -0.2) is 104 Å². The summed E-state index contributed by atoms with van der Waals surface area (Å²) in [5.74, 6) is -0.985. The number of carboxylic acid groups (broad SMARTS) is 1. The highest BCUT2D eigenvalue weighted by Gasteiger charge is 1.97. The van der Waals surface area contributed by atoms with Gasteiger partial charge < -0.3 is 38.3 Å². The Morgan fingerprint density at radius 3 is 1.20 bits per heavy atom. The lowest BCUT2D eigenvalue weighted by atomic mass is 10.2. The summed E-state index contributed by atoms with van der Waals surface area (Å²) in [5, 5.41) is 8.38. The van der Waals surface area contributed by atoms with Crippen LogP contribution in [0.2, 0.25) is 0 Å². The number of aliphatic carboxylic acids is 1. The molecule has 0 bridgehead atoms. The summed E-state index contributed by atoms with van der Waals surface area (Å²) in [6, 6.07) is 0. The van der Waals surface area contributed by atoms with Crippen LogP contribution in [0.15, 0.2) is 0 Å². The number of carbonyl (C=O) groups is 1. The first-order valence-corrected chi connectivity index (χ1v) is 11.0. The minimum absolute atomic E-state index is 0.257. The normalized spacial score (nSPS) is 11.2. The van der Waals surface area contributed by atoms with Crippen LogP contribution in [0, 0.1) is 0 Å². The molecule has 0 aliphatic rings. The average molecular weight is 439 g/mol. The van der Waals surface area contributed by atoms with E-state index in [0.717, 1.165) is 13.0 Å². The number of hydrogen-bond acceptors (Lipinski definition) is 8. The van der Waals surface area contributed by atoms with Gasteiger partial charge in [0.15, 0.2) is 0 Å². The van der Waals surface area contributed by atoms with Crippen molar-refractivity contribution in [3.05, 3.63) is 0 Å². The molecule has 9 nitrogen and oxygen atoms in total. The van der Waals surface area contributed by atoms with E-state index in [1.165, 1.54) is 25.7 Å². The Labute approximate surface area is 181 Å². The van der Waals surface area contributed by atoms with E-state index in [0.29, 0.717) is 72.7 Å². The zero-order valence-electron chi connectivity index (χ0n) is 18.6. The highest BCUT2D eigenvalue weighted by atomic mass is 16.6. The summed E-state index contributed by atoms with van der Waals surface area (Å²) in [4.78, 5) is 10.2. The Kier molecular flexibility index (Phi) is 25.5. The SMILES string of the molecule is CCCCCCCOCCOCCOCCOCCOCCOCCOCC(=O)O. The number of ether oxygens (including phenoxy) is 7. The molecule has 1 N–H and O–H groups in total. The van der Waals surface area contributed by atoms with E-state index in [1.54, 1.807) is 0 Å². The summed E-state index contributed by atoms with van der Waals surface area (Å²) >= 11 is 0. The van der Waals surface area contributed by atoms with Crippen LogP contribution in [0.25, 0.3) is 0 Å². The first-order valence-electron chi connectivity index (χ1n) is 11.0. The van der Waals surface area contributed by atoms with Crippen LogP contribution >= 0.6 is 0 Å². The molecule has 0 aromatic carbocycles. The molecular weight excluding hydrogens is 396 g/mol. The monoisotopic (exact) mass is 438 g/mol. The molecule has 0 radical (unpaired) electrons. The predicted octanol–water partition coefficient (Wildman–Crippen LogP) is 2.16. The van der Waals surface area contributed by atoms with Gasteiger partial charge in [0.1, 0.15) is 6.61 Å². The number of carboxylic acids is 1. The van der Waals surface area contributed by atoms with Crippen molar-refractivity contribution in [1.82, 2.24) is 0 Å². The molecule has 9 heteroatoms. The summed E-state index contributed by atoms with van der Waals surface area (Å²) in [7, 11) is 0. The van der Waals surface area contributed by atoms with Gasteiger partial charge in [0.25, 0.3) is 0 Å². The zero-order chi connectivity index (χ0) is 22.0. The van der Waals surface area contributed by atoms with E-state index in [2.05, 4.69) is 6.92 Å². The molecule has 0 heterocycles. The van der Waals surface area contributed by atoms with Crippen LogP contribution in [0.4, 0.5) is 0 Å². The summed E-state index contributed by atoms with van der Waals surface area (Å²) in [6.07, 6.45) is 6.26. The van der Waals surface area contributed by atoms with Gasteiger partial charge in [0, 0.05) is 6.61 Å². The van der Waals surface area contributed by atoms with E-state index in [4.69, 9.17) is 38.3 Å². The Morgan fingerprint density at radius 2 is 0.833 bits per heavy atom. The molecule has 0 atom stereocenters. The standard InChI is InChI=1S/C21H42O9/c1-2-3-4-5-6-7-24-8-9-25-10-11-26-12-13-27-14-15-28-16-17-29-18-19-30-20-21(22)23/h2-20H2,1H3,(H,22,23). The second kappa shape index (κ2) is 26.2. The molecule has 0 aliphatic heterocycles. The van der Waals surface area contributed by atoms with Gasteiger partial charge in [-0.25, -0.2) is 4.79 Å². The van der Waals surface area contributed by atoms with Gasteiger partial charge in [-0.2, -0.15) is 0 Å². The molecule has 30 heavy (non-hydrogen) atoms. The molecule has 0 aromatic rings. The minimum atomic E-state index is -0.985. The maximum absolute atomic E-state index is 10.2. The maximum Gasteiger partial charge on any atom is 0.329 e. The van der Waals surface area contributed by atoms with Crippen LogP contribution < -0.4 is 0 Å². The summed E-state index contributed by atoms with van der Waals surface area (Å²) in [6.45, 7) is 8.60. The predicted molar refractivity (Wildman–Crippen MR) is 112 cm³/mol. The quantitative estimate of drug-likeness (QED) is 0.204. The summed E-state index contributed by atoms with van der Waals surface area (Å²) < 4.78 is 37.2. The lowest BCUT2D eigenvalue weighted by molar-refractivity contribution is -0.142. The van der Waals surface area contributed by atoms with Gasteiger partial charge in [0.2, 0.25) is 0 Å². The first kappa shape index (κ1) is 29.2. The first-order chi connectivity index (χ1) is 14.8. The molecule has 0 rings (SSSR count). The highest BCUT2D eigenvalue weighted by Crippen LogP contribution is 2.02. The van der Waals surface area contributed by atoms with Crippen molar-refractivity contribution in [3.63, 3.8) is 0 Å². The van der Waals surface area contributed by atoms with Crippen LogP contribution in [0.3, 0.4) is 0 Å². The Hall–Kier alpha value is -0.810. The molecule has 0 saturated carbocycles. The van der Waals surface area contributed by atoms with Crippen LogP contribution in [-0.2, 0) is 38.0 Å². The van der Waals surface area contributed by atoms with Crippen molar-refractivity contribution in [3.8, 4) is 0 Å². The zero-order valence-corrected chi connectivity index (χ0v) is 18.6. The van der Waals surface area contributed by atoms with Crippen molar-refractivity contribution in [1.29, 1.82) is 0 Å². The third-order valence-corrected chi connectivity index (χ3v) is 3.85. The van der Waals surface area contributed by atoms with Gasteiger partial charge in [-0.1, -0.05) is 32.6 Å². The largest absolute Gasteiger partial charge is 0.480 e. The Bertz CT molecular complexity index is 342. The molecule has 180 valence electrons. The van der Waals surface area contributed by atoms with Crippen LogP contribution in [0.5, 0.6) is 0 Å².